The molecule has 0 atom stereocenters. The van der Waals surface area contributed by atoms with Crippen LogP contribution in [0.3, 0.4) is 0 Å². The van der Waals surface area contributed by atoms with Gasteiger partial charge >= 0.3 is 0 Å². The molecule has 1 amide bonds. The minimum Gasteiger partial charge on any atom is -0.493 e. The SMILES string of the molecule is CCNCCNC(=O)c1cn(-c2ccccc2)nc1-c1ccc(OC)c(OC)c1.Cl. The van der Waals surface area contributed by atoms with Crippen LogP contribution in [0.1, 0.15) is 17.3 Å². The molecule has 0 aliphatic heterocycles. The summed E-state index contributed by atoms with van der Waals surface area (Å²) >= 11 is 0. The lowest BCUT2D eigenvalue weighted by Gasteiger charge is -2.10. The van der Waals surface area contributed by atoms with Gasteiger partial charge in [0.25, 0.3) is 5.91 Å². The van der Waals surface area contributed by atoms with Crippen LogP contribution in [0.2, 0.25) is 0 Å². The molecule has 8 heteroatoms. The zero-order chi connectivity index (χ0) is 20.6. The van der Waals surface area contributed by atoms with Crippen LogP contribution in [0, 0.1) is 0 Å². The Hall–Kier alpha value is -3.03. The van der Waals surface area contributed by atoms with E-state index in [1.807, 2.05) is 55.5 Å². The van der Waals surface area contributed by atoms with Gasteiger partial charge in [0.2, 0.25) is 0 Å². The number of methoxy groups -OCH3 is 2. The fourth-order valence-electron chi connectivity index (χ4n) is 2.99. The first-order chi connectivity index (χ1) is 14.2. The molecule has 0 fully saturated rings. The summed E-state index contributed by atoms with van der Waals surface area (Å²) in [7, 11) is 3.17. The van der Waals surface area contributed by atoms with Gasteiger partial charge in [-0.2, -0.15) is 5.10 Å². The first-order valence-electron chi connectivity index (χ1n) is 9.54. The van der Waals surface area contributed by atoms with E-state index < -0.39 is 0 Å². The number of benzene rings is 2. The van der Waals surface area contributed by atoms with Crippen molar-refractivity contribution >= 4 is 18.3 Å². The van der Waals surface area contributed by atoms with E-state index in [4.69, 9.17) is 14.6 Å². The van der Waals surface area contributed by atoms with Crippen LogP contribution in [0.4, 0.5) is 0 Å². The summed E-state index contributed by atoms with van der Waals surface area (Å²) in [5.41, 5.74) is 2.73. The lowest BCUT2D eigenvalue weighted by Crippen LogP contribution is -2.31. The summed E-state index contributed by atoms with van der Waals surface area (Å²) in [6.45, 7) is 4.13. The van der Waals surface area contributed by atoms with E-state index in [1.165, 1.54) is 0 Å². The van der Waals surface area contributed by atoms with E-state index in [9.17, 15) is 4.79 Å². The smallest absolute Gasteiger partial charge is 0.255 e. The van der Waals surface area contributed by atoms with Crippen molar-refractivity contribution in [2.45, 2.75) is 6.92 Å². The van der Waals surface area contributed by atoms with E-state index in [-0.39, 0.29) is 18.3 Å². The Morgan fingerprint density at radius 2 is 1.77 bits per heavy atom. The second kappa shape index (κ2) is 11.2. The molecule has 0 aliphatic carbocycles. The normalized spacial score (nSPS) is 10.2. The number of carbonyl (C=O) groups is 1. The standard InChI is InChI=1S/C22H26N4O3.ClH/c1-4-23-12-13-24-22(27)18-15-26(17-8-6-5-7-9-17)25-21(18)16-10-11-19(28-2)20(14-16)29-3;/h5-11,14-15,23H,4,12-13H2,1-3H3,(H,24,27);1H. The number of aromatic nitrogens is 2. The summed E-state index contributed by atoms with van der Waals surface area (Å²) in [5.74, 6) is 1.03. The number of nitrogens with one attached hydrogen (secondary N) is 2. The van der Waals surface area contributed by atoms with Crippen LogP contribution in [0.5, 0.6) is 11.5 Å². The average molecular weight is 431 g/mol. The first-order valence-corrected chi connectivity index (χ1v) is 9.54. The van der Waals surface area contributed by atoms with Gasteiger partial charge in [-0.05, 0) is 36.9 Å². The second-order valence-corrected chi connectivity index (χ2v) is 6.35. The first kappa shape index (κ1) is 23.3. The molecule has 0 aliphatic rings. The molecule has 3 rings (SSSR count). The zero-order valence-corrected chi connectivity index (χ0v) is 18.2. The molecule has 0 bridgehead atoms. The highest BCUT2D eigenvalue weighted by Gasteiger charge is 2.19. The van der Waals surface area contributed by atoms with Crippen LogP contribution in [-0.2, 0) is 0 Å². The van der Waals surface area contributed by atoms with Crippen molar-refractivity contribution < 1.29 is 14.3 Å². The summed E-state index contributed by atoms with van der Waals surface area (Å²) in [6.07, 6.45) is 1.75. The van der Waals surface area contributed by atoms with Crippen LogP contribution >= 0.6 is 12.4 Å². The Bertz CT molecular complexity index is 960. The van der Waals surface area contributed by atoms with Crippen molar-refractivity contribution in [3.8, 4) is 28.4 Å². The second-order valence-electron chi connectivity index (χ2n) is 6.35. The van der Waals surface area contributed by atoms with Gasteiger partial charge in [0.1, 0.15) is 5.69 Å². The molecule has 7 nitrogen and oxygen atoms in total. The van der Waals surface area contributed by atoms with Crippen LogP contribution in [0.25, 0.3) is 16.9 Å². The molecule has 1 aromatic heterocycles. The predicted molar refractivity (Wildman–Crippen MR) is 120 cm³/mol. The highest BCUT2D eigenvalue weighted by atomic mass is 35.5. The maximum absolute atomic E-state index is 12.9. The lowest BCUT2D eigenvalue weighted by atomic mass is 10.1. The van der Waals surface area contributed by atoms with Gasteiger partial charge < -0.3 is 20.1 Å². The van der Waals surface area contributed by atoms with E-state index in [1.54, 1.807) is 25.1 Å². The average Bonchev–Trinajstić information content (AvgIpc) is 3.22. The molecule has 0 spiro atoms. The van der Waals surface area contributed by atoms with Crippen molar-refractivity contribution in [3.63, 3.8) is 0 Å². The number of likely N-dealkylation sites (N-methyl/N-ethyl adjacent to an activating group) is 1. The number of carbonyl (C=O) groups excluding carboxylic acids is 1. The summed E-state index contributed by atoms with van der Waals surface area (Å²) in [6, 6.07) is 15.2. The van der Waals surface area contributed by atoms with Crippen molar-refractivity contribution in [2.24, 2.45) is 0 Å². The molecule has 2 N–H and O–H groups in total. The maximum atomic E-state index is 12.9. The molecule has 160 valence electrons. The summed E-state index contributed by atoms with van der Waals surface area (Å²) in [4.78, 5) is 12.9. The third-order valence-electron chi connectivity index (χ3n) is 4.47. The third-order valence-corrected chi connectivity index (χ3v) is 4.47. The number of rotatable bonds is 9. The van der Waals surface area contributed by atoms with Crippen molar-refractivity contribution in [1.82, 2.24) is 20.4 Å². The van der Waals surface area contributed by atoms with Crippen LogP contribution in [-0.4, -0.2) is 49.5 Å². The number of ether oxygens (including phenoxy) is 2. The zero-order valence-electron chi connectivity index (χ0n) is 17.3. The van der Waals surface area contributed by atoms with E-state index in [0.717, 1.165) is 17.8 Å². The van der Waals surface area contributed by atoms with E-state index in [0.29, 0.717) is 35.8 Å². The molecular formula is C22H27ClN4O3. The van der Waals surface area contributed by atoms with Crippen molar-refractivity contribution in [2.75, 3.05) is 33.9 Å². The monoisotopic (exact) mass is 430 g/mol. The number of hydrogen-bond acceptors (Lipinski definition) is 5. The topological polar surface area (TPSA) is 77.4 Å². The van der Waals surface area contributed by atoms with Gasteiger partial charge in [-0.15, -0.1) is 12.4 Å². The van der Waals surface area contributed by atoms with E-state index >= 15 is 0 Å². The molecular weight excluding hydrogens is 404 g/mol. The molecule has 0 unspecified atom stereocenters. The minimum atomic E-state index is -0.171. The third kappa shape index (κ3) is 5.31. The number of nitrogens with zero attached hydrogens (tertiary/aromatic N) is 2. The number of hydrogen-bond donors (Lipinski definition) is 2. The van der Waals surface area contributed by atoms with Crippen LogP contribution in [0.15, 0.2) is 54.7 Å². The predicted octanol–water partition coefficient (Wildman–Crippen LogP) is 3.32. The fraction of sp³-hybridized carbons (Fsp3) is 0.273. The highest BCUT2D eigenvalue weighted by molar-refractivity contribution is 6.00. The number of para-hydroxylation sites is 1. The maximum Gasteiger partial charge on any atom is 0.255 e. The van der Waals surface area contributed by atoms with Gasteiger partial charge in [0.05, 0.1) is 25.5 Å². The Morgan fingerprint density at radius 3 is 2.43 bits per heavy atom. The molecule has 0 saturated carbocycles. The van der Waals surface area contributed by atoms with Crippen molar-refractivity contribution in [3.05, 3.63) is 60.3 Å². The van der Waals surface area contributed by atoms with Crippen molar-refractivity contribution in [1.29, 1.82) is 0 Å². The Kier molecular flexibility index (Phi) is 8.70. The Balaban J connectivity index is 0.00000320. The molecule has 0 radical (unpaired) electrons. The molecule has 3 aromatic rings. The highest BCUT2D eigenvalue weighted by Crippen LogP contribution is 2.33. The van der Waals surface area contributed by atoms with Gasteiger partial charge in [-0.1, -0.05) is 25.1 Å². The molecule has 30 heavy (non-hydrogen) atoms. The largest absolute Gasteiger partial charge is 0.493 e. The quantitative estimate of drug-likeness (QED) is 0.509. The molecule has 2 aromatic carbocycles. The summed E-state index contributed by atoms with van der Waals surface area (Å²) < 4.78 is 12.4. The van der Waals surface area contributed by atoms with Crippen LogP contribution < -0.4 is 20.1 Å². The molecule has 1 heterocycles. The summed E-state index contributed by atoms with van der Waals surface area (Å²) in [5, 5.41) is 10.8. The number of amides is 1. The lowest BCUT2D eigenvalue weighted by molar-refractivity contribution is 0.0954. The van der Waals surface area contributed by atoms with Gasteiger partial charge in [0, 0.05) is 24.8 Å². The number of halogens is 1. The van der Waals surface area contributed by atoms with Gasteiger partial charge in [-0.3, -0.25) is 4.79 Å². The van der Waals surface area contributed by atoms with E-state index in [2.05, 4.69) is 10.6 Å². The Labute approximate surface area is 182 Å². The van der Waals surface area contributed by atoms with Gasteiger partial charge in [0.15, 0.2) is 11.5 Å². The Morgan fingerprint density at radius 1 is 1.03 bits per heavy atom. The fourth-order valence-corrected chi connectivity index (χ4v) is 2.99. The van der Waals surface area contributed by atoms with Gasteiger partial charge in [-0.25, -0.2) is 4.68 Å². The minimum absolute atomic E-state index is 0. The molecule has 0 saturated heterocycles.